The number of carbonyl (C=O) groups is 1. The third kappa shape index (κ3) is 3.14. The van der Waals surface area contributed by atoms with Crippen molar-refractivity contribution < 1.29 is 14.3 Å². The Balaban J connectivity index is 1.33. The van der Waals surface area contributed by atoms with E-state index in [4.69, 9.17) is 4.42 Å². The second-order valence-corrected chi connectivity index (χ2v) is 8.80. The minimum atomic E-state index is -0.347. The van der Waals surface area contributed by atoms with Crippen LogP contribution in [0, 0.1) is 18.3 Å². The Morgan fingerprint density at radius 2 is 2.13 bits per heavy atom. The Bertz CT molecular complexity index is 1150. The lowest BCUT2D eigenvalue weighted by atomic mass is 9.82. The number of nitrogens with zero attached hydrogens (tertiary/aromatic N) is 2. The van der Waals surface area contributed by atoms with Gasteiger partial charge in [-0.3, -0.25) is 14.5 Å². The van der Waals surface area contributed by atoms with E-state index in [0.717, 1.165) is 28.6 Å². The van der Waals surface area contributed by atoms with Crippen molar-refractivity contribution in [2.24, 2.45) is 11.3 Å². The first kappa shape index (κ1) is 19.1. The molecule has 2 fully saturated rings. The summed E-state index contributed by atoms with van der Waals surface area (Å²) in [4.78, 5) is 32.3. The largest absolute Gasteiger partial charge is 0.472 e. The lowest BCUT2D eigenvalue weighted by molar-refractivity contribution is 0.0718. The fourth-order valence-corrected chi connectivity index (χ4v) is 5.08. The van der Waals surface area contributed by atoms with Gasteiger partial charge in [-0.2, -0.15) is 0 Å². The molecule has 0 radical (unpaired) electrons. The van der Waals surface area contributed by atoms with E-state index in [1.54, 1.807) is 6.07 Å². The van der Waals surface area contributed by atoms with Gasteiger partial charge in [0.2, 0.25) is 0 Å². The molecule has 30 heavy (non-hydrogen) atoms. The van der Waals surface area contributed by atoms with Gasteiger partial charge in [0, 0.05) is 49.2 Å². The molecule has 0 spiro atoms. The van der Waals surface area contributed by atoms with Gasteiger partial charge >= 0.3 is 0 Å². The molecule has 0 bridgehead atoms. The number of hydrogen-bond donors (Lipinski definition) is 2. The summed E-state index contributed by atoms with van der Waals surface area (Å²) in [5.41, 5.74) is 2.81. The number of hydrogen-bond acceptors (Lipinski definition) is 5. The van der Waals surface area contributed by atoms with Gasteiger partial charge in [-0.25, -0.2) is 0 Å². The molecule has 7 heteroatoms. The number of fused-ring (bicyclic) bond motifs is 2. The molecule has 2 atom stereocenters. The molecule has 5 rings (SSSR count). The highest BCUT2D eigenvalue weighted by molar-refractivity contribution is 5.94. The normalized spacial score (nSPS) is 23.9. The van der Waals surface area contributed by atoms with Crippen LogP contribution in [0.3, 0.4) is 0 Å². The highest BCUT2D eigenvalue weighted by Gasteiger charge is 2.53. The fraction of sp³-hybridized carbons (Fsp3) is 0.391. The maximum absolute atomic E-state index is 12.7. The predicted molar refractivity (Wildman–Crippen MR) is 112 cm³/mol. The van der Waals surface area contributed by atoms with Crippen LogP contribution >= 0.6 is 0 Å². The average molecular weight is 407 g/mol. The quantitative estimate of drug-likeness (QED) is 0.691. The summed E-state index contributed by atoms with van der Waals surface area (Å²) < 4.78 is 5.03. The molecule has 1 amide bonds. The van der Waals surface area contributed by atoms with Crippen molar-refractivity contribution in [2.75, 3.05) is 32.8 Å². The first-order valence-corrected chi connectivity index (χ1v) is 10.2. The Kier molecular flexibility index (Phi) is 4.52. The molecule has 2 N–H and O–H groups in total. The minimum absolute atomic E-state index is 0.0245. The molecule has 2 aliphatic rings. The number of aromatic nitrogens is 1. The van der Waals surface area contributed by atoms with Crippen LogP contribution < -0.4 is 5.56 Å². The molecule has 1 aromatic carbocycles. The highest BCUT2D eigenvalue weighted by atomic mass is 16.3. The van der Waals surface area contributed by atoms with Gasteiger partial charge in [0.05, 0.1) is 18.4 Å². The average Bonchev–Trinajstić information content (AvgIpc) is 3.43. The number of nitrogens with one attached hydrogen (secondary N) is 1. The van der Waals surface area contributed by atoms with Crippen LogP contribution in [0.2, 0.25) is 0 Å². The van der Waals surface area contributed by atoms with Crippen LogP contribution in [-0.4, -0.2) is 58.6 Å². The van der Waals surface area contributed by atoms with Crippen LogP contribution in [0.25, 0.3) is 10.9 Å². The van der Waals surface area contributed by atoms with E-state index in [1.807, 2.05) is 36.1 Å². The summed E-state index contributed by atoms with van der Waals surface area (Å²) >= 11 is 0. The van der Waals surface area contributed by atoms with Gasteiger partial charge < -0.3 is 19.4 Å². The van der Waals surface area contributed by atoms with E-state index >= 15 is 0 Å². The first-order chi connectivity index (χ1) is 14.5. The number of aryl methyl sites for hydroxylation is 1. The molecule has 4 heterocycles. The number of likely N-dealkylation sites (tertiary alicyclic amines) is 2. The van der Waals surface area contributed by atoms with E-state index in [2.05, 4.69) is 9.88 Å². The van der Waals surface area contributed by atoms with E-state index < -0.39 is 0 Å². The van der Waals surface area contributed by atoms with Crippen molar-refractivity contribution in [1.29, 1.82) is 0 Å². The van der Waals surface area contributed by atoms with Crippen molar-refractivity contribution in [2.45, 2.75) is 13.5 Å². The van der Waals surface area contributed by atoms with Gasteiger partial charge in [-0.1, -0.05) is 12.1 Å². The fourth-order valence-electron chi connectivity index (χ4n) is 5.08. The molecule has 0 saturated carbocycles. The summed E-state index contributed by atoms with van der Waals surface area (Å²) in [5, 5.41) is 11.2. The zero-order valence-corrected chi connectivity index (χ0v) is 16.9. The van der Waals surface area contributed by atoms with Crippen LogP contribution in [0.1, 0.15) is 21.5 Å². The van der Waals surface area contributed by atoms with Crippen molar-refractivity contribution in [3.63, 3.8) is 0 Å². The van der Waals surface area contributed by atoms with Crippen molar-refractivity contribution in [3.05, 3.63) is 69.9 Å². The Labute approximate surface area is 173 Å². The number of carbonyl (C=O) groups excluding carboxylic acids is 1. The van der Waals surface area contributed by atoms with Crippen molar-refractivity contribution in [1.82, 2.24) is 14.8 Å². The number of H-pyrrole nitrogens is 1. The van der Waals surface area contributed by atoms with Gasteiger partial charge in [-0.05, 0) is 42.0 Å². The molecule has 2 aromatic heterocycles. The smallest absolute Gasteiger partial charge is 0.257 e. The van der Waals surface area contributed by atoms with Crippen LogP contribution in [0.5, 0.6) is 0 Å². The molecule has 0 unspecified atom stereocenters. The summed E-state index contributed by atoms with van der Waals surface area (Å²) in [6.45, 7) is 5.10. The summed E-state index contributed by atoms with van der Waals surface area (Å²) in [6.07, 6.45) is 2.96. The maximum atomic E-state index is 12.7. The number of amides is 1. The molecule has 2 saturated heterocycles. The Morgan fingerprint density at radius 1 is 1.27 bits per heavy atom. The van der Waals surface area contributed by atoms with Crippen molar-refractivity contribution in [3.8, 4) is 0 Å². The monoisotopic (exact) mass is 407 g/mol. The van der Waals surface area contributed by atoms with E-state index in [0.29, 0.717) is 31.7 Å². The van der Waals surface area contributed by atoms with Crippen LogP contribution in [-0.2, 0) is 6.54 Å². The Morgan fingerprint density at radius 3 is 2.87 bits per heavy atom. The molecular weight excluding hydrogens is 382 g/mol. The SMILES string of the molecule is Cc1ccc2cc(CN3C[C@H]4CN(C(=O)c5ccoc5)C[C@@]4(CO)C3)c(=O)[nH]c2c1. The number of rotatable bonds is 4. The number of pyridine rings is 1. The third-order valence-electron chi connectivity index (χ3n) is 6.67. The van der Waals surface area contributed by atoms with Gasteiger partial charge in [0.25, 0.3) is 11.5 Å². The predicted octanol–water partition coefficient (Wildman–Crippen LogP) is 2.00. The summed E-state index contributed by atoms with van der Waals surface area (Å²) in [6, 6.07) is 9.67. The first-order valence-electron chi connectivity index (χ1n) is 10.2. The summed E-state index contributed by atoms with van der Waals surface area (Å²) in [7, 11) is 0. The van der Waals surface area contributed by atoms with E-state index in [-0.39, 0.29) is 29.4 Å². The van der Waals surface area contributed by atoms with E-state index in [9.17, 15) is 14.7 Å². The Hall–Kier alpha value is -2.90. The van der Waals surface area contributed by atoms with Gasteiger partial charge in [0.1, 0.15) is 6.26 Å². The topological polar surface area (TPSA) is 89.8 Å². The molecule has 156 valence electrons. The number of aromatic amines is 1. The molecular formula is C23H25N3O4. The molecule has 0 aliphatic carbocycles. The number of aliphatic hydroxyl groups is 1. The zero-order chi connectivity index (χ0) is 20.9. The second kappa shape index (κ2) is 7.11. The standard InChI is InChI=1S/C23H25N3O4/c1-15-2-3-16-7-18(21(28)24-20(16)6-15)8-25-9-19-10-26(13-23(19,12-25)14-27)22(29)17-4-5-30-11-17/h2-7,11,19,27H,8-10,12-14H2,1H3,(H,24,28)/t19-,23+/m0/s1. The molecule has 2 aliphatic heterocycles. The maximum Gasteiger partial charge on any atom is 0.257 e. The lowest BCUT2D eigenvalue weighted by Gasteiger charge is -2.27. The van der Waals surface area contributed by atoms with Crippen molar-refractivity contribution >= 4 is 16.8 Å². The molecule has 7 nitrogen and oxygen atoms in total. The zero-order valence-electron chi connectivity index (χ0n) is 16.9. The number of aliphatic hydroxyl groups excluding tert-OH is 1. The molecule has 3 aromatic rings. The van der Waals surface area contributed by atoms with Gasteiger partial charge in [0.15, 0.2) is 0 Å². The summed E-state index contributed by atoms with van der Waals surface area (Å²) in [5.74, 6) is 0.124. The number of benzene rings is 1. The minimum Gasteiger partial charge on any atom is -0.472 e. The van der Waals surface area contributed by atoms with Crippen LogP contribution in [0.15, 0.2) is 52.1 Å². The number of furan rings is 1. The van der Waals surface area contributed by atoms with E-state index in [1.165, 1.54) is 12.5 Å². The van der Waals surface area contributed by atoms with Crippen LogP contribution in [0.4, 0.5) is 0 Å². The second-order valence-electron chi connectivity index (χ2n) is 8.80. The van der Waals surface area contributed by atoms with Gasteiger partial charge in [-0.15, -0.1) is 0 Å². The highest BCUT2D eigenvalue weighted by Crippen LogP contribution is 2.43. The lowest BCUT2D eigenvalue weighted by Crippen LogP contribution is -2.39. The third-order valence-corrected chi connectivity index (χ3v) is 6.67.